The van der Waals surface area contributed by atoms with Gasteiger partial charge in [-0.05, 0) is 37.5 Å². The van der Waals surface area contributed by atoms with Crippen LogP contribution in [0.25, 0.3) is 0 Å². The van der Waals surface area contributed by atoms with Gasteiger partial charge in [-0.1, -0.05) is 12.1 Å². The van der Waals surface area contributed by atoms with Crippen molar-refractivity contribution in [1.82, 2.24) is 9.03 Å². The van der Waals surface area contributed by atoms with E-state index in [1.54, 1.807) is 13.0 Å². The predicted molar refractivity (Wildman–Crippen MR) is 79.1 cm³/mol. The number of hydrogen-bond donors (Lipinski definition) is 2. The van der Waals surface area contributed by atoms with Crippen molar-refractivity contribution < 1.29 is 16.8 Å². The van der Waals surface area contributed by atoms with Crippen LogP contribution < -0.4 is 9.86 Å². The molecule has 7 nitrogen and oxygen atoms in total. The van der Waals surface area contributed by atoms with E-state index in [2.05, 4.69) is 4.72 Å². The molecule has 1 atom stereocenters. The van der Waals surface area contributed by atoms with Gasteiger partial charge in [0, 0.05) is 19.1 Å². The van der Waals surface area contributed by atoms with Crippen LogP contribution in [0.15, 0.2) is 29.2 Å². The summed E-state index contributed by atoms with van der Waals surface area (Å²) in [6.07, 6.45) is 1.71. The number of nitrogens with one attached hydrogen (secondary N) is 1. The summed E-state index contributed by atoms with van der Waals surface area (Å²) in [4.78, 5) is -0.0350. The second-order valence-electron chi connectivity index (χ2n) is 5.07. The molecule has 0 aromatic heterocycles. The van der Waals surface area contributed by atoms with Gasteiger partial charge in [-0.2, -0.15) is 17.4 Å². The first-order chi connectivity index (χ1) is 9.70. The van der Waals surface area contributed by atoms with Crippen LogP contribution in [0.4, 0.5) is 0 Å². The van der Waals surface area contributed by atoms with Gasteiger partial charge in [0.2, 0.25) is 10.0 Å². The average Bonchev–Trinajstić information content (AvgIpc) is 2.92. The lowest BCUT2D eigenvalue weighted by Crippen LogP contribution is -2.40. The second-order valence-corrected chi connectivity index (χ2v) is 8.33. The Morgan fingerprint density at radius 1 is 1.19 bits per heavy atom. The van der Waals surface area contributed by atoms with Crippen LogP contribution in [0.2, 0.25) is 0 Å². The zero-order chi connectivity index (χ0) is 15.7. The SMILES string of the molecule is CC(NS(=O)(=O)N1CCCC1)c1cccc(S(N)(=O)=O)c1. The largest absolute Gasteiger partial charge is 0.279 e. The van der Waals surface area contributed by atoms with Gasteiger partial charge < -0.3 is 0 Å². The molecule has 1 saturated heterocycles. The Labute approximate surface area is 125 Å². The van der Waals surface area contributed by atoms with Crippen LogP contribution in [0.1, 0.15) is 31.4 Å². The molecule has 3 N–H and O–H groups in total. The minimum atomic E-state index is -3.81. The van der Waals surface area contributed by atoms with Crippen molar-refractivity contribution in [2.24, 2.45) is 5.14 Å². The lowest BCUT2D eigenvalue weighted by molar-refractivity contribution is 0.457. The van der Waals surface area contributed by atoms with Crippen LogP contribution >= 0.6 is 0 Å². The van der Waals surface area contributed by atoms with Crippen LogP contribution in [0, 0.1) is 0 Å². The zero-order valence-electron chi connectivity index (χ0n) is 11.7. The van der Waals surface area contributed by atoms with Crippen molar-refractivity contribution >= 4 is 20.2 Å². The maximum Gasteiger partial charge on any atom is 0.279 e. The summed E-state index contributed by atoms with van der Waals surface area (Å²) < 4.78 is 51.0. The smallest absolute Gasteiger partial charge is 0.225 e. The maximum absolute atomic E-state index is 12.2. The molecule has 1 aromatic carbocycles. The Hall–Kier alpha value is -1.00. The third-order valence-corrected chi connectivity index (χ3v) is 6.02. The predicted octanol–water partition coefficient (Wildman–Crippen LogP) is 0.325. The van der Waals surface area contributed by atoms with Crippen molar-refractivity contribution in [3.05, 3.63) is 29.8 Å². The van der Waals surface area contributed by atoms with Crippen molar-refractivity contribution in [2.45, 2.75) is 30.7 Å². The minimum absolute atomic E-state index is 0.0350. The molecule has 21 heavy (non-hydrogen) atoms. The van der Waals surface area contributed by atoms with E-state index in [9.17, 15) is 16.8 Å². The molecule has 0 radical (unpaired) electrons. The number of nitrogens with two attached hydrogens (primary N) is 1. The molecule has 1 fully saturated rings. The monoisotopic (exact) mass is 333 g/mol. The highest BCUT2D eigenvalue weighted by Gasteiger charge is 2.27. The van der Waals surface area contributed by atoms with Gasteiger partial charge in [0.1, 0.15) is 0 Å². The van der Waals surface area contributed by atoms with Gasteiger partial charge in [-0.15, -0.1) is 0 Å². The molecule has 0 bridgehead atoms. The lowest BCUT2D eigenvalue weighted by Gasteiger charge is -2.20. The summed E-state index contributed by atoms with van der Waals surface area (Å²) in [6.45, 7) is 2.69. The molecule has 1 unspecified atom stereocenters. The molecular formula is C12H19N3O4S2. The Morgan fingerprint density at radius 2 is 1.81 bits per heavy atom. The van der Waals surface area contributed by atoms with Gasteiger partial charge in [0.25, 0.3) is 10.2 Å². The molecule has 1 heterocycles. The highest BCUT2D eigenvalue weighted by atomic mass is 32.2. The van der Waals surface area contributed by atoms with E-state index in [4.69, 9.17) is 5.14 Å². The number of hydrogen-bond acceptors (Lipinski definition) is 4. The first kappa shape index (κ1) is 16.4. The van der Waals surface area contributed by atoms with E-state index in [1.807, 2.05) is 0 Å². The Morgan fingerprint density at radius 3 is 2.38 bits per heavy atom. The van der Waals surface area contributed by atoms with Gasteiger partial charge in [-0.25, -0.2) is 13.6 Å². The minimum Gasteiger partial charge on any atom is -0.225 e. The number of benzene rings is 1. The zero-order valence-corrected chi connectivity index (χ0v) is 13.3. The van der Waals surface area contributed by atoms with Gasteiger partial charge in [-0.3, -0.25) is 0 Å². The average molecular weight is 333 g/mol. The molecule has 1 aromatic rings. The fourth-order valence-corrected chi connectivity index (χ4v) is 4.29. The lowest BCUT2D eigenvalue weighted by atomic mass is 10.1. The molecule has 1 aliphatic heterocycles. The van der Waals surface area contributed by atoms with Crippen LogP contribution in [-0.2, 0) is 20.2 Å². The Balaban J connectivity index is 2.19. The summed E-state index contributed by atoms with van der Waals surface area (Å²) in [5, 5.41) is 5.08. The number of sulfonamides is 1. The molecule has 0 aliphatic carbocycles. The first-order valence-corrected chi connectivity index (χ1v) is 9.59. The Bertz CT molecular complexity index is 710. The molecule has 2 rings (SSSR count). The van der Waals surface area contributed by atoms with E-state index in [-0.39, 0.29) is 4.90 Å². The van der Waals surface area contributed by atoms with Gasteiger partial charge >= 0.3 is 0 Å². The Kier molecular flexibility index (Phi) is 4.69. The highest BCUT2D eigenvalue weighted by molar-refractivity contribution is 7.89. The van der Waals surface area contributed by atoms with E-state index in [0.29, 0.717) is 18.7 Å². The summed E-state index contributed by atoms with van der Waals surface area (Å²) in [6, 6.07) is 5.41. The fraction of sp³-hybridized carbons (Fsp3) is 0.500. The number of rotatable bonds is 5. The molecule has 0 saturated carbocycles. The van der Waals surface area contributed by atoms with E-state index < -0.39 is 26.3 Å². The van der Waals surface area contributed by atoms with Crippen molar-refractivity contribution in [3.63, 3.8) is 0 Å². The third-order valence-electron chi connectivity index (χ3n) is 3.42. The van der Waals surface area contributed by atoms with Crippen molar-refractivity contribution in [1.29, 1.82) is 0 Å². The molecule has 1 aliphatic rings. The third kappa shape index (κ3) is 4.01. The van der Waals surface area contributed by atoms with Crippen LogP contribution in [0.5, 0.6) is 0 Å². The molecule has 9 heteroatoms. The van der Waals surface area contributed by atoms with E-state index in [1.165, 1.54) is 22.5 Å². The number of primary sulfonamides is 1. The summed E-state index contributed by atoms with van der Waals surface area (Å²) in [7, 11) is -7.36. The van der Waals surface area contributed by atoms with Gasteiger partial charge in [0.15, 0.2) is 0 Å². The molecular weight excluding hydrogens is 314 g/mol. The van der Waals surface area contributed by atoms with Gasteiger partial charge in [0.05, 0.1) is 4.90 Å². The van der Waals surface area contributed by atoms with E-state index >= 15 is 0 Å². The quantitative estimate of drug-likeness (QED) is 0.809. The van der Waals surface area contributed by atoms with E-state index in [0.717, 1.165) is 12.8 Å². The molecule has 118 valence electrons. The first-order valence-electron chi connectivity index (χ1n) is 6.60. The van der Waals surface area contributed by atoms with Crippen molar-refractivity contribution in [3.8, 4) is 0 Å². The summed E-state index contributed by atoms with van der Waals surface area (Å²) in [5.41, 5.74) is 0.546. The molecule has 0 spiro atoms. The van der Waals surface area contributed by atoms with Crippen LogP contribution in [0.3, 0.4) is 0 Å². The number of nitrogens with zero attached hydrogens (tertiary/aromatic N) is 1. The second kappa shape index (κ2) is 6.01. The topological polar surface area (TPSA) is 110 Å². The summed E-state index contributed by atoms with van der Waals surface area (Å²) >= 11 is 0. The summed E-state index contributed by atoms with van der Waals surface area (Å²) in [5.74, 6) is 0. The standard InChI is InChI=1S/C12H19N3O4S2/c1-10(14-21(18,19)15-7-2-3-8-15)11-5-4-6-12(9-11)20(13,16)17/h4-6,9-10,14H,2-3,7-8H2,1H3,(H2,13,16,17). The van der Waals surface area contributed by atoms with Crippen LogP contribution in [-0.4, -0.2) is 34.2 Å². The maximum atomic E-state index is 12.2. The highest BCUT2D eigenvalue weighted by Crippen LogP contribution is 2.19. The van der Waals surface area contributed by atoms with Crippen molar-refractivity contribution in [2.75, 3.05) is 13.1 Å². The molecule has 0 amide bonds. The normalized spacial score (nSPS) is 18.8. The fourth-order valence-electron chi connectivity index (χ4n) is 2.26.